The fraction of sp³-hybridized carbons (Fsp3) is 0.654. The van der Waals surface area contributed by atoms with Gasteiger partial charge in [-0.25, -0.2) is 4.79 Å². The van der Waals surface area contributed by atoms with Gasteiger partial charge in [-0.15, -0.1) is 0 Å². The van der Waals surface area contributed by atoms with Gasteiger partial charge in [0.15, 0.2) is 0 Å². The molecule has 0 amide bonds. The molecular formula is C26H38BNO6. The standard InChI is InChI=1S/C26H38BNO6/c1-25(2)26(3,4)34-27(33-25)23-22(18-10-8-7-9-11-18)20-13-12-19(24(29)31-6)16-21(20)28(23)14-15-32-17-30-5/h12-13,16,18H,7-11,14-15,17H2,1-6H3. The number of nitrogens with zero attached hydrogens (tertiary/aromatic N) is 1. The topological polar surface area (TPSA) is 68.2 Å². The van der Waals surface area contributed by atoms with E-state index in [4.69, 9.17) is 23.5 Å². The average molecular weight is 471 g/mol. The molecule has 0 radical (unpaired) electrons. The molecule has 1 saturated heterocycles. The minimum atomic E-state index is -0.502. The van der Waals surface area contributed by atoms with Crippen LogP contribution in [0.3, 0.4) is 0 Å². The van der Waals surface area contributed by atoms with Gasteiger partial charge in [0, 0.05) is 24.6 Å². The molecule has 8 heteroatoms. The normalized spacial score (nSPS) is 20.2. The zero-order valence-electron chi connectivity index (χ0n) is 21.4. The first-order valence-corrected chi connectivity index (χ1v) is 12.4. The van der Waals surface area contributed by atoms with E-state index in [0.29, 0.717) is 24.6 Å². The number of hydrogen-bond donors (Lipinski definition) is 0. The molecule has 2 heterocycles. The van der Waals surface area contributed by atoms with Crippen LogP contribution in [0.15, 0.2) is 18.2 Å². The molecule has 0 spiro atoms. The van der Waals surface area contributed by atoms with E-state index in [1.165, 1.54) is 31.9 Å². The number of fused-ring (bicyclic) bond motifs is 1. The first kappa shape index (κ1) is 25.2. The smallest absolute Gasteiger partial charge is 0.465 e. The van der Waals surface area contributed by atoms with Crippen LogP contribution in [-0.4, -0.2) is 56.5 Å². The van der Waals surface area contributed by atoms with Crippen LogP contribution in [0.5, 0.6) is 0 Å². The van der Waals surface area contributed by atoms with Crippen molar-refractivity contribution < 1.29 is 28.3 Å². The van der Waals surface area contributed by atoms with E-state index >= 15 is 0 Å². The van der Waals surface area contributed by atoms with E-state index in [9.17, 15) is 4.79 Å². The number of rotatable bonds is 8. The first-order chi connectivity index (χ1) is 16.2. The lowest BCUT2D eigenvalue weighted by atomic mass is 9.74. The Morgan fingerprint density at radius 1 is 1.09 bits per heavy atom. The molecule has 1 saturated carbocycles. The van der Waals surface area contributed by atoms with Gasteiger partial charge < -0.3 is 28.1 Å². The summed E-state index contributed by atoms with van der Waals surface area (Å²) in [7, 11) is 2.52. The zero-order valence-corrected chi connectivity index (χ0v) is 21.4. The number of carbonyl (C=O) groups excluding carboxylic acids is 1. The Labute approximate surface area is 203 Å². The van der Waals surface area contributed by atoms with Gasteiger partial charge in [-0.1, -0.05) is 25.3 Å². The van der Waals surface area contributed by atoms with Gasteiger partial charge in [0.05, 0.1) is 36.1 Å². The lowest BCUT2D eigenvalue weighted by molar-refractivity contribution is -0.0326. The van der Waals surface area contributed by atoms with Crippen LogP contribution in [0.25, 0.3) is 10.9 Å². The van der Waals surface area contributed by atoms with Crippen molar-refractivity contribution in [3.8, 4) is 0 Å². The number of esters is 1. The zero-order chi connectivity index (χ0) is 24.5. The molecule has 2 aromatic rings. The molecule has 2 fully saturated rings. The maximum Gasteiger partial charge on any atom is 0.512 e. The number of carbonyl (C=O) groups is 1. The molecule has 4 rings (SSSR count). The Morgan fingerprint density at radius 2 is 1.76 bits per heavy atom. The third-order valence-corrected chi connectivity index (χ3v) is 7.72. The van der Waals surface area contributed by atoms with Gasteiger partial charge in [0.2, 0.25) is 0 Å². The Bertz CT molecular complexity index is 1010. The fourth-order valence-electron chi connectivity index (χ4n) is 5.21. The predicted octanol–water partition coefficient (Wildman–Crippen LogP) is 4.40. The molecule has 0 bridgehead atoms. The monoisotopic (exact) mass is 471 g/mol. The van der Waals surface area contributed by atoms with Crippen LogP contribution >= 0.6 is 0 Å². The minimum Gasteiger partial charge on any atom is -0.465 e. The molecule has 2 aliphatic rings. The number of hydrogen-bond acceptors (Lipinski definition) is 6. The van der Waals surface area contributed by atoms with E-state index < -0.39 is 18.3 Å². The summed E-state index contributed by atoms with van der Waals surface area (Å²) in [6, 6.07) is 5.85. The van der Waals surface area contributed by atoms with Crippen LogP contribution in [-0.2, 0) is 30.1 Å². The molecule has 1 aliphatic heterocycles. The highest BCUT2D eigenvalue weighted by Crippen LogP contribution is 2.41. The Balaban J connectivity index is 1.90. The lowest BCUT2D eigenvalue weighted by Gasteiger charge is -2.32. The van der Waals surface area contributed by atoms with Gasteiger partial charge in [0.1, 0.15) is 6.79 Å². The van der Waals surface area contributed by atoms with Gasteiger partial charge in [0.25, 0.3) is 0 Å². The molecule has 1 aromatic carbocycles. The maximum atomic E-state index is 12.4. The summed E-state index contributed by atoms with van der Waals surface area (Å²) in [5.41, 5.74) is 2.94. The highest BCUT2D eigenvalue weighted by atomic mass is 16.7. The van der Waals surface area contributed by atoms with Crippen molar-refractivity contribution in [3.63, 3.8) is 0 Å². The molecular weight excluding hydrogens is 433 g/mol. The summed E-state index contributed by atoms with van der Waals surface area (Å²) in [5, 5.41) is 1.15. The minimum absolute atomic E-state index is 0.230. The van der Waals surface area contributed by atoms with Gasteiger partial charge in [-0.05, 0) is 64.2 Å². The number of aromatic nitrogens is 1. The number of benzene rings is 1. The SMILES string of the molecule is COCOCCn1c(B2OC(C)(C)C(C)(C)O2)c(C2CCCCC2)c2ccc(C(=O)OC)cc21. The molecule has 1 aromatic heterocycles. The van der Waals surface area contributed by atoms with E-state index in [1.807, 2.05) is 12.1 Å². The van der Waals surface area contributed by atoms with Gasteiger partial charge in [-0.2, -0.15) is 0 Å². The fourth-order valence-corrected chi connectivity index (χ4v) is 5.21. The van der Waals surface area contributed by atoms with Crippen molar-refractivity contribution in [3.05, 3.63) is 29.3 Å². The van der Waals surface area contributed by atoms with Crippen LogP contribution in [0.1, 0.15) is 81.6 Å². The van der Waals surface area contributed by atoms with Crippen LogP contribution in [0.4, 0.5) is 0 Å². The van der Waals surface area contributed by atoms with Gasteiger partial charge in [-0.3, -0.25) is 0 Å². The summed E-state index contributed by atoms with van der Waals surface area (Å²) >= 11 is 0. The molecule has 34 heavy (non-hydrogen) atoms. The Kier molecular flexibility index (Phi) is 7.43. The summed E-state index contributed by atoms with van der Waals surface area (Å²) in [4.78, 5) is 12.4. The molecule has 1 aliphatic carbocycles. The van der Waals surface area contributed by atoms with Gasteiger partial charge >= 0.3 is 13.1 Å². The van der Waals surface area contributed by atoms with Crippen molar-refractivity contribution >= 4 is 29.6 Å². The Morgan fingerprint density at radius 3 is 2.38 bits per heavy atom. The summed E-state index contributed by atoms with van der Waals surface area (Å²) in [5.74, 6) is 0.0806. The van der Waals surface area contributed by atoms with Crippen molar-refractivity contribution in [1.29, 1.82) is 0 Å². The van der Waals surface area contributed by atoms with Crippen LogP contribution in [0.2, 0.25) is 0 Å². The first-order valence-electron chi connectivity index (χ1n) is 12.4. The third kappa shape index (κ3) is 4.65. The second-order valence-electron chi connectivity index (χ2n) is 10.4. The third-order valence-electron chi connectivity index (χ3n) is 7.72. The van der Waals surface area contributed by atoms with Crippen molar-refractivity contribution in [2.24, 2.45) is 0 Å². The van der Waals surface area contributed by atoms with E-state index in [1.54, 1.807) is 7.11 Å². The van der Waals surface area contributed by atoms with E-state index in [-0.39, 0.29) is 12.8 Å². The van der Waals surface area contributed by atoms with Crippen molar-refractivity contribution in [2.75, 3.05) is 27.6 Å². The lowest BCUT2D eigenvalue weighted by Crippen LogP contribution is -2.42. The molecule has 0 atom stereocenters. The maximum absolute atomic E-state index is 12.4. The van der Waals surface area contributed by atoms with Crippen LogP contribution in [0, 0.1) is 0 Å². The largest absolute Gasteiger partial charge is 0.512 e. The highest BCUT2D eigenvalue weighted by Gasteiger charge is 2.54. The predicted molar refractivity (Wildman–Crippen MR) is 133 cm³/mol. The second-order valence-corrected chi connectivity index (χ2v) is 10.4. The molecule has 7 nitrogen and oxygen atoms in total. The molecule has 0 N–H and O–H groups in total. The van der Waals surface area contributed by atoms with E-state index in [2.05, 4.69) is 38.3 Å². The summed E-state index contributed by atoms with van der Waals surface area (Å²) in [6.07, 6.45) is 6.00. The van der Waals surface area contributed by atoms with Crippen molar-refractivity contribution in [2.45, 2.75) is 83.5 Å². The average Bonchev–Trinajstić information content (AvgIpc) is 3.25. The highest BCUT2D eigenvalue weighted by molar-refractivity contribution is 6.62. The quantitative estimate of drug-likeness (QED) is 0.246. The molecule has 186 valence electrons. The van der Waals surface area contributed by atoms with Crippen LogP contribution < -0.4 is 5.59 Å². The number of ether oxygens (including phenoxy) is 3. The second kappa shape index (κ2) is 10.0. The Hall–Kier alpha value is -1.87. The number of methoxy groups -OCH3 is 2. The summed E-state index contributed by atoms with van der Waals surface area (Å²) < 4.78 is 31.1. The molecule has 0 unspecified atom stereocenters. The summed E-state index contributed by atoms with van der Waals surface area (Å²) in [6.45, 7) is 9.62. The van der Waals surface area contributed by atoms with Crippen molar-refractivity contribution in [1.82, 2.24) is 4.57 Å². The van der Waals surface area contributed by atoms with E-state index in [0.717, 1.165) is 29.3 Å².